The lowest BCUT2D eigenvalue weighted by atomic mass is 10.1. The lowest BCUT2D eigenvalue weighted by molar-refractivity contribution is 0.102. The van der Waals surface area contributed by atoms with Gasteiger partial charge in [0.2, 0.25) is 0 Å². The van der Waals surface area contributed by atoms with Crippen molar-refractivity contribution in [1.29, 1.82) is 0 Å². The van der Waals surface area contributed by atoms with Gasteiger partial charge in [-0.25, -0.2) is 4.98 Å². The molecule has 2 aromatic heterocycles. The first-order valence-corrected chi connectivity index (χ1v) is 10.2. The zero-order valence-corrected chi connectivity index (χ0v) is 17.5. The standard InChI is InChI=1S/C22H20N2O5S/c1-4-28-18-7-5-6-13-10-19(29-20(13)18)16-12-30-22(23-16)24-21(25)15-11-14(26-2)8-9-17(15)27-3/h5-12H,4H2,1-3H3,(H,23,24,25). The number of hydrogen-bond acceptors (Lipinski definition) is 7. The molecular weight excluding hydrogens is 404 g/mol. The molecule has 4 aromatic rings. The van der Waals surface area contributed by atoms with Crippen LogP contribution in [0.25, 0.3) is 22.4 Å². The molecule has 0 atom stereocenters. The lowest BCUT2D eigenvalue weighted by Gasteiger charge is -2.09. The molecule has 0 saturated heterocycles. The summed E-state index contributed by atoms with van der Waals surface area (Å²) in [6.45, 7) is 2.48. The van der Waals surface area contributed by atoms with E-state index in [1.165, 1.54) is 18.4 Å². The van der Waals surface area contributed by atoms with Crippen LogP contribution >= 0.6 is 11.3 Å². The Morgan fingerprint density at radius 1 is 1.13 bits per heavy atom. The Morgan fingerprint density at radius 3 is 2.77 bits per heavy atom. The molecule has 1 amide bonds. The van der Waals surface area contributed by atoms with E-state index in [1.807, 2.05) is 36.6 Å². The maximum Gasteiger partial charge on any atom is 0.261 e. The van der Waals surface area contributed by atoms with E-state index >= 15 is 0 Å². The summed E-state index contributed by atoms with van der Waals surface area (Å²) in [5, 5.41) is 6.01. The van der Waals surface area contributed by atoms with Crippen LogP contribution in [0.3, 0.4) is 0 Å². The molecule has 0 aliphatic rings. The third kappa shape index (κ3) is 3.81. The van der Waals surface area contributed by atoms with Crippen molar-refractivity contribution in [2.24, 2.45) is 0 Å². The predicted molar refractivity (Wildman–Crippen MR) is 116 cm³/mol. The summed E-state index contributed by atoms with van der Waals surface area (Å²) >= 11 is 1.31. The van der Waals surface area contributed by atoms with Crippen molar-refractivity contribution < 1.29 is 23.4 Å². The average molecular weight is 424 g/mol. The van der Waals surface area contributed by atoms with Crippen LogP contribution in [-0.2, 0) is 0 Å². The van der Waals surface area contributed by atoms with Crippen molar-refractivity contribution >= 4 is 33.3 Å². The van der Waals surface area contributed by atoms with Gasteiger partial charge >= 0.3 is 0 Å². The minimum atomic E-state index is -0.338. The van der Waals surface area contributed by atoms with Crippen molar-refractivity contribution in [1.82, 2.24) is 4.98 Å². The Hall–Kier alpha value is -3.52. The van der Waals surface area contributed by atoms with Crippen LogP contribution in [0, 0.1) is 0 Å². The fraction of sp³-hybridized carbons (Fsp3) is 0.182. The zero-order valence-electron chi connectivity index (χ0n) is 16.7. The Labute approximate surface area is 177 Å². The van der Waals surface area contributed by atoms with E-state index in [-0.39, 0.29) is 5.91 Å². The van der Waals surface area contributed by atoms with Crippen LogP contribution in [0.1, 0.15) is 17.3 Å². The van der Waals surface area contributed by atoms with Crippen molar-refractivity contribution in [3.63, 3.8) is 0 Å². The Kier molecular flexibility index (Phi) is 5.58. The maximum absolute atomic E-state index is 12.7. The molecule has 0 aliphatic carbocycles. The fourth-order valence-electron chi connectivity index (χ4n) is 3.03. The first-order chi connectivity index (χ1) is 14.6. The van der Waals surface area contributed by atoms with Crippen LogP contribution in [0.4, 0.5) is 5.13 Å². The van der Waals surface area contributed by atoms with E-state index in [4.69, 9.17) is 18.6 Å². The maximum atomic E-state index is 12.7. The summed E-state index contributed by atoms with van der Waals surface area (Å²) in [5.41, 5.74) is 1.67. The average Bonchev–Trinajstić information content (AvgIpc) is 3.41. The number of nitrogens with one attached hydrogen (secondary N) is 1. The highest BCUT2D eigenvalue weighted by Gasteiger charge is 2.17. The van der Waals surface area contributed by atoms with E-state index in [9.17, 15) is 4.79 Å². The molecule has 0 bridgehead atoms. The molecular formula is C22H20N2O5S. The van der Waals surface area contributed by atoms with Crippen LogP contribution in [-0.4, -0.2) is 31.7 Å². The van der Waals surface area contributed by atoms with Gasteiger partial charge < -0.3 is 18.6 Å². The molecule has 154 valence electrons. The number of amides is 1. The molecule has 0 spiro atoms. The van der Waals surface area contributed by atoms with E-state index in [0.29, 0.717) is 51.6 Å². The van der Waals surface area contributed by atoms with Crippen molar-refractivity contribution in [2.75, 3.05) is 26.1 Å². The number of hydrogen-bond donors (Lipinski definition) is 1. The minimum absolute atomic E-state index is 0.338. The molecule has 0 fully saturated rings. The Balaban J connectivity index is 1.59. The number of anilines is 1. The number of methoxy groups -OCH3 is 2. The number of carbonyl (C=O) groups is 1. The van der Waals surface area contributed by atoms with Gasteiger partial charge in [-0.3, -0.25) is 10.1 Å². The zero-order chi connectivity index (χ0) is 21.1. The second-order valence-electron chi connectivity index (χ2n) is 6.28. The third-order valence-electron chi connectivity index (χ3n) is 4.44. The number of thiazole rings is 1. The smallest absolute Gasteiger partial charge is 0.261 e. The summed E-state index contributed by atoms with van der Waals surface area (Å²) in [7, 11) is 3.05. The lowest BCUT2D eigenvalue weighted by Crippen LogP contribution is -2.13. The van der Waals surface area contributed by atoms with Gasteiger partial charge in [0.05, 0.1) is 26.4 Å². The monoisotopic (exact) mass is 424 g/mol. The predicted octanol–water partition coefficient (Wildman–Crippen LogP) is 5.22. The minimum Gasteiger partial charge on any atom is -0.497 e. The molecule has 8 heteroatoms. The van der Waals surface area contributed by atoms with E-state index in [1.54, 1.807) is 25.3 Å². The fourth-order valence-corrected chi connectivity index (χ4v) is 3.73. The second kappa shape index (κ2) is 8.46. The van der Waals surface area contributed by atoms with Gasteiger partial charge in [0.15, 0.2) is 22.2 Å². The number of carbonyl (C=O) groups excluding carboxylic acids is 1. The summed E-state index contributed by atoms with van der Waals surface area (Å²) in [6.07, 6.45) is 0. The summed E-state index contributed by atoms with van der Waals surface area (Å²) in [4.78, 5) is 17.2. The van der Waals surface area contributed by atoms with Crippen molar-refractivity contribution in [3.8, 4) is 28.7 Å². The number of furan rings is 1. The normalized spacial score (nSPS) is 10.8. The van der Waals surface area contributed by atoms with Gasteiger partial charge in [-0.1, -0.05) is 12.1 Å². The Bertz CT molecular complexity index is 1200. The highest BCUT2D eigenvalue weighted by Crippen LogP contribution is 2.35. The largest absolute Gasteiger partial charge is 0.497 e. The molecule has 0 saturated carbocycles. The van der Waals surface area contributed by atoms with Gasteiger partial charge in [0.25, 0.3) is 5.91 Å². The topological polar surface area (TPSA) is 82.8 Å². The van der Waals surface area contributed by atoms with Crippen LogP contribution < -0.4 is 19.5 Å². The molecule has 4 rings (SSSR count). The molecule has 30 heavy (non-hydrogen) atoms. The van der Waals surface area contributed by atoms with Crippen molar-refractivity contribution in [2.45, 2.75) is 6.92 Å². The highest BCUT2D eigenvalue weighted by atomic mass is 32.1. The van der Waals surface area contributed by atoms with Crippen molar-refractivity contribution in [3.05, 3.63) is 53.4 Å². The van der Waals surface area contributed by atoms with Gasteiger partial charge in [-0.15, -0.1) is 11.3 Å². The third-order valence-corrected chi connectivity index (χ3v) is 5.19. The number of rotatable bonds is 7. The second-order valence-corrected chi connectivity index (χ2v) is 7.13. The number of nitrogens with zero attached hydrogens (tertiary/aromatic N) is 1. The number of para-hydroxylation sites is 1. The van der Waals surface area contributed by atoms with Crippen LogP contribution in [0.5, 0.6) is 17.2 Å². The van der Waals surface area contributed by atoms with Gasteiger partial charge in [0, 0.05) is 10.8 Å². The molecule has 0 radical (unpaired) electrons. The molecule has 0 unspecified atom stereocenters. The van der Waals surface area contributed by atoms with Crippen LogP contribution in [0.15, 0.2) is 52.3 Å². The highest BCUT2D eigenvalue weighted by molar-refractivity contribution is 7.14. The molecule has 0 aliphatic heterocycles. The van der Waals surface area contributed by atoms with E-state index in [0.717, 1.165) is 5.39 Å². The Morgan fingerprint density at radius 2 is 2.00 bits per heavy atom. The van der Waals surface area contributed by atoms with Gasteiger partial charge in [-0.05, 0) is 37.3 Å². The van der Waals surface area contributed by atoms with Gasteiger partial charge in [0.1, 0.15) is 17.2 Å². The summed E-state index contributed by atoms with van der Waals surface area (Å²) in [5.74, 6) is 1.97. The summed E-state index contributed by atoms with van der Waals surface area (Å²) < 4.78 is 22.1. The van der Waals surface area contributed by atoms with E-state index < -0.39 is 0 Å². The summed E-state index contributed by atoms with van der Waals surface area (Å²) in [6, 6.07) is 12.7. The number of benzene rings is 2. The molecule has 1 N–H and O–H groups in total. The quantitative estimate of drug-likeness (QED) is 0.438. The number of aromatic nitrogens is 1. The SMILES string of the molecule is CCOc1cccc2cc(-c3csc(NC(=O)c4cc(OC)ccc4OC)n3)oc12. The number of fused-ring (bicyclic) bond motifs is 1. The first kappa shape index (κ1) is 19.8. The first-order valence-electron chi connectivity index (χ1n) is 9.27. The molecule has 2 aromatic carbocycles. The molecule has 7 nitrogen and oxygen atoms in total. The number of ether oxygens (including phenoxy) is 3. The van der Waals surface area contributed by atoms with Crippen LogP contribution in [0.2, 0.25) is 0 Å². The van der Waals surface area contributed by atoms with Gasteiger partial charge in [-0.2, -0.15) is 0 Å². The van der Waals surface area contributed by atoms with E-state index in [2.05, 4.69) is 10.3 Å². The molecule has 2 heterocycles.